The molecule has 1 fully saturated rings. The van der Waals surface area contributed by atoms with Gasteiger partial charge in [0, 0.05) is 0 Å². The summed E-state index contributed by atoms with van der Waals surface area (Å²) >= 11 is -0.279. The molecule has 0 saturated heterocycles. The molecular formula is C20H23INO2-. The molecule has 2 aromatic carbocycles. The predicted molar refractivity (Wildman–Crippen MR) is 92.4 cm³/mol. The van der Waals surface area contributed by atoms with Gasteiger partial charge in [0.1, 0.15) is 0 Å². The van der Waals surface area contributed by atoms with Crippen LogP contribution in [0, 0.1) is 3.57 Å². The summed E-state index contributed by atoms with van der Waals surface area (Å²) in [5, 5.41) is 0. The molecule has 3 nitrogen and oxygen atoms in total. The second-order valence-electron chi connectivity index (χ2n) is 6.14. The number of rotatable bonds is 5. The van der Waals surface area contributed by atoms with Crippen LogP contribution in [0.15, 0.2) is 48.5 Å². The molecule has 0 unspecified atom stereocenters. The van der Waals surface area contributed by atoms with Gasteiger partial charge < -0.3 is 0 Å². The monoisotopic (exact) mass is 436 g/mol. The summed E-state index contributed by atoms with van der Waals surface area (Å²) < 4.78 is 9.60. The van der Waals surface area contributed by atoms with E-state index >= 15 is 0 Å². The minimum absolute atomic E-state index is 0.279. The molecule has 3 rings (SSSR count). The molecule has 0 spiro atoms. The van der Waals surface area contributed by atoms with Crippen LogP contribution in [0.5, 0.6) is 0 Å². The van der Waals surface area contributed by atoms with Crippen molar-refractivity contribution in [2.45, 2.75) is 38.0 Å². The van der Waals surface area contributed by atoms with Gasteiger partial charge in [-0.05, 0) is 0 Å². The summed E-state index contributed by atoms with van der Waals surface area (Å²) in [7, 11) is 1.40. The Morgan fingerprint density at radius 1 is 1.00 bits per heavy atom. The Kier molecular flexibility index (Phi) is 6.12. The Morgan fingerprint density at radius 2 is 1.67 bits per heavy atom. The van der Waals surface area contributed by atoms with Gasteiger partial charge in [-0.2, -0.15) is 0 Å². The Morgan fingerprint density at radius 3 is 2.29 bits per heavy atom. The first-order valence-electron chi connectivity index (χ1n) is 8.44. The van der Waals surface area contributed by atoms with Crippen molar-refractivity contribution in [2.75, 3.05) is 10.6 Å². The van der Waals surface area contributed by atoms with Gasteiger partial charge in [0.2, 0.25) is 0 Å². The SMILES string of the molecule is COC(=O)c1ccc(N[I-]c2ccc(C3CCCCC3)cc2)cc1. The number of halogens is 1. The van der Waals surface area contributed by atoms with E-state index in [4.69, 9.17) is 4.74 Å². The Bertz CT molecular complexity index is 661. The van der Waals surface area contributed by atoms with Crippen LogP contribution in [0.3, 0.4) is 0 Å². The quantitative estimate of drug-likeness (QED) is 0.442. The molecule has 0 radical (unpaired) electrons. The van der Waals surface area contributed by atoms with E-state index in [1.54, 1.807) is 12.1 Å². The van der Waals surface area contributed by atoms with Crippen molar-refractivity contribution < 1.29 is 31.0 Å². The van der Waals surface area contributed by atoms with Crippen molar-refractivity contribution in [3.05, 3.63) is 63.2 Å². The zero-order valence-electron chi connectivity index (χ0n) is 13.9. The summed E-state index contributed by atoms with van der Waals surface area (Å²) in [6, 6.07) is 16.6. The van der Waals surface area contributed by atoms with Crippen LogP contribution in [0.1, 0.15) is 53.9 Å². The van der Waals surface area contributed by atoms with E-state index in [1.807, 2.05) is 12.1 Å². The third-order valence-electron chi connectivity index (χ3n) is 4.52. The topological polar surface area (TPSA) is 38.3 Å². The van der Waals surface area contributed by atoms with Crippen LogP contribution in [0.4, 0.5) is 5.69 Å². The normalized spacial score (nSPS) is 15.2. The second kappa shape index (κ2) is 8.51. The molecule has 0 bridgehead atoms. The molecule has 1 N–H and O–H groups in total. The molecule has 1 saturated carbocycles. The molecule has 0 heterocycles. The summed E-state index contributed by atoms with van der Waals surface area (Å²) in [6.45, 7) is 0. The molecule has 0 aromatic heterocycles. The molecule has 0 atom stereocenters. The van der Waals surface area contributed by atoms with Crippen molar-refractivity contribution in [3.8, 4) is 0 Å². The molecule has 4 heteroatoms. The van der Waals surface area contributed by atoms with Crippen LogP contribution < -0.4 is 25.0 Å². The van der Waals surface area contributed by atoms with Crippen molar-refractivity contribution >= 4 is 11.7 Å². The first kappa shape index (κ1) is 17.3. The van der Waals surface area contributed by atoms with E-state index in [2.05, 4.69) is 27.8 Å². The minimum atomic E-state index is -0.297. The van der Waals surface area contributed by atoms with Gasteiger partial charge in [-0.15, -0.1) is 0 Å². The van der Waals surface area contributed by atoms with Gasteiger partial charge in [-0.3, -0.25) is 0 Å². The van der Waals surface area contributed by atoms with Crippen LogP contribution in [0.25, 0.3) is 0 Å². The zero-order valence-corrected chi connectivity index (χ0v) is 16.1. The Hall–Kier alpha value is -1.56. The van der Waals surface area contributed by atoms with Crippen molar-refractivity contribution in [3.63, 3.8) is 0 Å². The second-order valence-corrected chi connectivity index (χ2v) is 8.47. The maximum atomic E-state index is 11.4. The fraction of sp³-hybridized carbons (Fsp3) is 0.350. The first-order valence-corrected chi connectivity index (χ1v) is 10.6. The summed E-state index contributed by atoms with van der Waals surface area (Å²) in [5.74, 6) is 0.472. The van der Waals surface area contributed by atoms with Crippen molar-refractivity contribution in [2.24, 2.45) is 0 Å². The number of nitrogens with one attached hydrogen (secondary N) is 1. The van der Waals surface area contributed by atoms with Gasteiger partial charge in [-0.25, -0.2) is 0 Å². The number of esters is 1. The molecule has 0 aliphatic heterocycles. The molecule has 1 aliphatic carbocycles. The Labute approximate surface area is 154 Å². The number of anilines is 1. The fourth-order valence-electron chi connectivity index (χ4n) is 3.13. The van der Waals surface area contributed by atoms with Crippen LogP contribution in [-0.2, 0) is 4.74 Å². The van der Waals surface area contributed by atoms with Gasteiger partial charge in [0.15, 0.2) is 0 Å². The van der Waals surface area contributed by atoms with Crippen molar-refractivity contribution in [1.82, 2.24) is 0 Å². The number of hydrogen-bond acceptors (Lipinski definition) is 3. The molecular weight excluding hydrogens is 413 g/mol. The number of methoxy groups -OCH3 is 1. The van der Waals surface area contributed by atoms with Gasteiger partial charge >= 0.3 is 155 Å². The van der Waals surface area contributed by atoms with Crippen molar-refractivity contribution in [1.29, 1.82) is 0 Å². The molecule has 2 aromatic rings. The first-order chi connectivity index (χ1) is 11.8. The summed E-state index contributed by atoms with van der Waals surface area (Å²) in [5.41, 5.74) is 3.13. The third-order valence-corrected chi connectivity index (χ3v) is 6.75. The predicted octanol–water partition coefficient (Wildman–Crippen LogP) is 1.81. The third kappa shape index (κ3) is 4.50. The van der Waals surface area contributed by atoms with E-state index in [9.17, 15) is 4.79 Å². The molecule has 0 amide bonds. The average Bonchev–Trinajstić information content (AvgIpc) is 2.67. The number of carbonyl (C=O) groups is 1. The number of carbonyl (C=O) groups excluding carboxylic acids is 1. The van der Waals surface area contributed by atoms with E-state index in [-0.39, 0.29) is 27.4 Å². The molecule has 24 heavy (non-hydrogen) atoms. The standard InChI is InChI=1S/C20H23INO2/c1-24-20(23)17-9-13-19(14-10-17)22-21-18-11-7-16(8-12-18)15-5-3-2-4-6-15/h7-15,22H,2-6H2,1H3/q-1. The maximum absolute atomic E-state index is 11.4. The summed E-state index contributed by atoms with van der Waals surface area (Å²) in [4.78, 5) is 11.4. The van der Waals surface area contributed by atoms with E-state index < -0.39 is 0 Å². The summed E-state index contributed by atoms with van der Waals surface area (Å²) in [6.07, 6.45) is 6.85. The number of benzene rings is 2. The van der Waals surface area contributed by atoms with Gasteiger partial charge in [0.05, 0.1) is 0 Å². The van der Waals surface area contributed by atoms with Gasteiger partial charge in [0.25, 0.3) is 0 Å². The molecule has 128 valence electrons. The van der Waals surface area contributed by atoms with Crippen LogP contribution in [-0.4, -0.2) is 13.1 Å². The van der Waals surface area contributed by atoms with Crippen LogP contribution in [0.2, 0.25) is 0 Å². The molecule has 1 aliphatic rings. The Balaban J connectivity index is 1.55. The van der Waals surface area contributed by atoms with E-state index in [0.717, 1.165) is 11.6 Å². The number of ether oxygens (including phenoxy) is 1. The van der Waals surface area contributed by atoms with Crippen LogP contribution >= 0.6 is 0 Å². The number of hydrogen-bond donors (Lipinski definition) is 1. The van der Waals surface area contributed by atoms with Gasteiger partial charge in [-0.1, -0.05) is 0 Å². The average molecular weight is 436 g/mol. The zero-order chi connectivity index (χ0) is 16.8. The van der Waals surface area contributed by atoms with E-state index in [0.29, 0.717) is 5.56 Å². The fourth-order valence-corrected chi connectivity index (χ4v) is 4.83. The van der Waals surface area contributed by atoms with E-state index in [1.165, 1.54) is 48.3 Å².